The van der Waals surface area contributed by atoms with Crippen LogP contribution >= 0.6 is 0 Å². The van der Waals surface area contributed by atoms with Crippen LogP contribution < -0.4 is 0 Å². The van der Waals surface area contributed by atoms with Crippen molar-refractivity contribution < 1.29 is 0 Å². The molecule has 1 aliphatic heterocycles. The van der Waals surface area contributed by atoms with Gasteiger partial charge in [0, 0.05) is 0 Å². The Morgan fingerprint density at radius 2 is 1.92 bits per heavy atom. The highest BCUT2D eigenvalue weighted by Gasteiger charge is 2.10. The third-order valence-corrected chi connectivity index (χ3v) is 2.45. The lowest BCUT2D eigenvalue weighted by Crippen LogP contribution is -2.24. The summed E-state index contributed by atoms with van der Waals surface area (Å²) in [5.74, 6) is 0.807. The van der Waals surface area contributed by atoms with Crippen molar-refractivity contribution in [3.63, 3.8) is 0 Å². The SMILES string of the molecule is C1CCCN(Cc2nn[nH]n2)CC1. The molecule has 0 aromatic carbocycles. The van der Waals surface area contributed by atoms with Gasteiger partial charge in [-0.1, -0.05) is 18.1 Å². The minimum atomic E-state index is 0.807. The molecule has 1 aliphatic rings. The monoisotopic (exact) mass is 181 g/mol. The second-order valence-electron chi connectivity index (χ2n) is 3.52. The van der Waals surface area contributed by atoms with Crippen molar-refractivity contribution in [2.75, 3.05) is 13.1 Å². The van der Waals surface area contributed by atoms with Crippen LogP contribution in [0, 0.1) is 0 Å². The first-order valence-electron chi connectivity index (χ1n) is 4.90. The van der Waals surface area contributed by atoms with Crippen LogP contribution in [-0.4, -0.2) is 38.6 Å². The average Bonchev–Trinajstić information content (AvgIpc) is 2.49. The van der Waals surface area contributed by atoms with Gasteiger partial charge in [-0.05, 0) is 25.9 Å². The Hall–Kier alpha value is -0.970. The summed E-state index contributed by atoms with van der Waals surface area (Å²) >= 11 is 0. The first-order chi connectivity index (χ1) is 6.45. The Morgan fingerprint density at radius 1 is 1.15 bits per heavy atom. The van der Waals surface area contributed by atoms with Crippen LogP contribution in [0.4, 0.5) is 0 Å². The second kappa shape index (κ2) is 4.32. The van der Waals surface area contributed by atoms with Gasteiger partial charge in [-0.25, -0.2) is 0 Å². The second-order valence-corrected chi connectivity index (χ2v) is 3.52. The molecular weight excluding hydrogens is 166 g/mol. The summed E-state index contributed by atoms with van der Waals surface area (Å²) < 4.78 is 0. The number of hydrogen-bond donors (Lipinski definition) is 1. The van der Waals surface area contributed by atoms with Crippen molar-refractivity contribution in [1.29, 1.82) is 0 Å². The molecule has 0 radical (unpaired) electrons. The normalized spacial score (nSPS) is 20.0. The zero-order valence-corrected chi connectivity index (χ0v) is 7.74. The average molecular weight is 181 g/mol. The molecule has 2 rings (SSSR count). The van der Waals surface area contributed by atoms with Crippen molar-refractivity contribution in [1.82, 2.24) is 25.5 Å². The minimum absolute atomic E-state index is 0.807. The van der Waals surface area contributed by atoms with Crippen molar-refractivity contribution in [3.8, 4) is 0 Å². The van der Waals surface area contributed by atoms with E-state index in [0.29, 0.717) is 0 Å². The van der Waals surface area contributed by atoms with E-state index in [2.05, 4.69) is 25.5 Å². The predicted octanol–water partition coefficient (Wildman–Crippen LogP) is 0.576. The third kappa shape index (κ3) is 2.48. The Balaban J connectivity index is 1.86. The number of nitrogens with one attached hydrogen (secondary N) is 1. The van der Waals surface area contributed by atoms with Crippen molar-refractivity contribution in [2.24, 2.45) is 0 Å². The molecule has 13 heavy (non-hydrogen) atoms. The standard InChI is InChI=1S/C8H15N5/c1-2-4-6-13(5-3-1)7-8-9-11-12-10-8/h1-7H2,(H,9,10,11,12). The molecule has 0 spiro atoms. The zero-order chi connectivity index (χ0) is 8.93. The van der Waals surface area contributed by atoms with Crippen LogP contribution in [-0.2, 0) is 6.54 Å². The summed E-state index contributed by atoms with van der Waals surface area (Å²) in [6.45, 7) is 3.19. The van der Waals surface area contributed by atoms with E-state index in [0.717, 1.165) is 12.4 Å². The number of aromatic amines is 1. The van der Waals surface area contributed by atoms with Gasteiger partial charge in [-0.3, -0.25) is 4.90 Å². The van der Waals surface area contributed by atoms with Crippen LogP contribution in [0.25, 0.3) is 0 Å². The molecular formula is C8H15N5. The van der Waals surface area contributed by atoms with Crippen molar-refractivity contribution in [3.05, 3.63) is 5.82 Å². The van der Waals surface area contributed by atoms with Gasteiger partial charge in [0.2, 0.25) is 0 Å². The molecule has 0 bridgehead atoms. The van der Waals surface area contributed by atoms with Gasteiger partial charge in [-0.2, -0.15) is 5.21 Å². The Kier molecular flexibility index (Phi) is 2.86. The fourth-order valence-corrected chi connectivity index (χ4v) is 1.74. The van der Waals surface area contributed by atoms with E-state index >= 15 is 0 Å². The fourth-order valence-electron chi connectivity index (χ4n) is 1.74. The van der Waals surface area contributed by atoms with Gasteiger partial charge >= 0.3 is 0 Å². The lowest BCUT2D eigenvalue weighted by Gasteiger charge is -2.16. The van der Waals surface area contributed by atoms with Gasteiger partial charge in [0.05, 0.1) is 6.54 Å². The lowest BCUT2D eigenvalue weighted by molar-refractivity contribution is 0.270. The summed E-state index contributed by atoms with van der Waals surface area (Å²) in [7, 11) is 0. The third-order valence-electron chi connectivity index (χ3n) is 2.45. The number of likely N-dealkylation sites (tertiary alicyclic amines) is 1. The van der Waals surface area contributed by atoms with Crippen LogP contribution in [0.3, 0.4) is 0 Å². The first kappa shape index (κ1) is 8.62. The van der Waals surface area contributed by atoms with Crippen LogP contribution in [0.2, 0.25) is 0 Å². The molecule has 5 nitrogen and oxygen atoms in total. The van der Waals surface area contributed by atoms with E-state index in [1.54, 1.807) is 0 Å². The molecule has 2 heterocycles. The molecule has 0 aliphatic carbocycles. The maximum atomic E-state index is 3.95. The highest BCUT2D eigenvalue weighted by molar-refractivity contribution is 4.77. The summed E-state index contributed by atoms with van der Waals surface area (Å²) in [6, 6.07) is 0. The van der Waals surface area contributed by atoms with Gasteiger partial charge in [0.25, 0.3) is 0 Å². The van der Waals surface area contributed by atoms with Crippen LogP contribution in [0.15, 0.2) is 0 Å². The largest absolute Gasteiger partial charge is 0.296 e. The van der Waals surface area contributed by atoms with E-state index in [4.69, 9.17) is 0 Å². The van der Waals surface area contributed by atoms with E-state index in [1.807, 2.05) is 0 Å². The lowest BCUT2D eigenvalue weighted by atomic mass is 10.2. The van der Waals surface area contributed by atoms with E-state index in [-0.39, 0.29) is 0 Å². The molecule has 1 N–H and O–H groups in total. The molecule has 0 unspecified atom stereocenters. The molecule has 0 amide bonds. The fraction of sp³-hybridized carbons (Fsp3) is 0.875. The summed E-state index contributed by atoms with van der Waals surface area (Å²) in [5.41, 5.74) is 0. The first-order valence-corrected chi connectivity index (χ1v) is 4.90. The minimum Gasteiger partial charge on any atom is -0.296 e. The molecule has 0 atom stereocenters. The van der Waals surface area contributed by atoms with E-state index in [9.17, 15) is 0 Å². The van der Waals surface area contributed by atoms with E-state index < -0.39 is 0 Å². The molecule has 1 aromatic heterocycles. The highest BCUT2D eigenvalue weighted by atomic mass is 15.5. The number of aromatic nitrogens is 4. The maximum Gasteiger partial charge on any atom is 0.188 e. The number of hydrogen-bond acceptors (Lipinski definition) is 4. The van der Waals surface area contributed by atoms with Crippen LogP contribution in [0.1, 0.15) is 31.5 Å². The van der Waals surface area contributed by atoms with Crippen LogP contribution in [0.5, 0.6) is 0 Å². The Labute approximate surface area is 77.5 Å². The zero-order valence-electron chi connectivity index (χ0n) is 7.74. The predicted molar refractivity (Wildman–Crippen MR) is 47.9 cm³/mol. The summed E-state index contributed by atoms with van der Waals surface area (Å²) in [5, 5.41) is 13.9. The smallest absolute Gasteiger partial charge is 0.188 e. The highest BCUT2D eigenvalue weighted by Crippen LogP contribution is 2.10. The summed E-state index contributed by atoms with van der Waals surface area (Å²) in [4.78, 5) is 2.40. The van der Waals surface area contributed by atoms with Crippen molar-refractivity contribution in [2.45, 2.75) is 32.2 Å². The van der Waals surface area contributed by atoms with Gasteiger partial charge < -0.3 is 0 Å². The number of H-pyrrole nitrogens is 1. The Bertz CT molecular complexity index is 225. The quantitative estimate of drug-likeness (QED) is 0.725. The molecule has 72 valence electrons. The van der Waals surface area contributed by atoms with Gasteiger partial charge in [0.15, 0.2) is 5.82 Å². The molecule has 5 heteroatoms. The molecule has 1 saturated heterocycles. The van der Waals surface area contributed by atoms with Gasteiger partial charge in [0.1, 0.15) is 0 Å². The molecule has 1 fully saturated rings. The molecule has 0 saturated carbocycles. The number of tetrazole rings is 1. The van der Waals surface area contributed by atoms with Gasteiger partial charge in [-0.15, -0.1) is 10.2 Å². The Morgan fingerprint density at radius 3 is 2.54 bits per heavy atom. The summed E-state index contributed by atoms with van der Waals surface area (Å²) in [6.07, 6.45) is 5.33. The topological polar surface area (TPSA) is 57.7 Å². The number of rotatable bonds is 2. The maximum absolute atomic E-state index is 3.95. The van der Waals surface area contributed by atoms with E-state index in [1.165, 1.54) is 38.8 Å². The van der Waals surface area contributed by atoms with Crippen molar-refractivity contribution >= 4 is 0 Å². The molecule has 1 aromatic rings. The number of nitrogens with zero attached hydrogens (tertiary/aromatic N) is 4.